The highest BCUT2D eigenvalue weighted by atomic mass is 16.6. The van der Waals surface area contributed by atoms with Crippen LogP contribution in [-0.4, -0.2) is 53.9 Å². The largest absolute Gasteiger partial charge is 0.368 e. The monoisotopic (exact) mass is 408 g/mol. The van der Waals surface area contributed by atoms with Crippen molar-refractivity contribution < 1.29 is 14.5 Å². The van der Waals surface area contributed by atoms with Crippen molar-refractivity contribution in [2.75, 3.05) is 31.1 Å². The molecule has 0 spiro atoms. The van der Waals surface area contributed by atoms with E-state index in [1.54, 1.807) is 30.0 Å². The quantitative estimate of drug-likeness (QED) is 0.450. The summed E-state index contributed by atoms with van der Waals surface area (Å²) >= 11 is 0. The first-order valence-electron chi connectivity index (χ1n) is 9.76. The normalized spacial score (nSPS) is 15.1. The Bertz CT molecular complexity index is 920. The summed E-state index contributed by atoms with van der Waals surface area (Å²) in [6.45, 7) is 3.97. The highest BCUT2D eigenvalue weighted by Crippen LogP contribution is 2.20. The van der Waals surface area contributed by atoms with Crippen molar-refractivity contribution in [2.24, 2.45) is 0 Å². The molecule has 1 aliphatic heterocycles. The van der Waals surface area contributed by atoms with Gasteiger partial charge in [-0.05, 0) is 30.7 Å². The van der Waals surface area contributed by atoms with Gasteiger partial charge < -0.3 is 15.1 Å². The van der Waals surface area contributed by atoms with Crippen LogP contribution in [0.25, 0.3) is 6.08 Å². The minimum atomic E-state index is -0.621. The second-order valence-electron chi connectivity index (χ2n) is 7.06. The fourth-order valence-electron chi connectivity index (χ4n) is 3.30. The predicted octanol–water partition coefficient (Wildman–Crippen LogP) is 2.46. The lowest BCUT2D eigenvalue weighted by atomic mass is 10.2. The van der Waals surface area contributed by atoms with Crippen LogP contribution in [-0.2, 0) is 9.59 Å². The number of nitro benzene ring substituents is 1. The minimum Gasteiger partial charge on any atom is -0.368 e. The van der Waals surface area contributed by atoms with E-state index in [-0.39, 0.29) is 17.5 Å². The standard InChI is InChI=1S/C22H24N4O4/c1-17(23-21(27)12-7-18-5-3-2-4-6-18)22(28)25-15-13-24(14-16-25)19-8-10-20(11-9-19)26(29)30/h2-12,17H,13-16H2,1H3,(H,23,27). The van der Waals surface area contributed by atoms with Crippen LogP contribution >= 0.6 is 0 Å². The van der Waals surface area contributed by atoms with Crippen LogP contribution in [0.3, 0.4) is 0 Å². The molecule has 156 valence electrons. The first kappa shape index (κ1) is 21.0. The third kappa shape index (κ3) is 5.44. The van der Waals surface area contributed by atoms with E-state index < -0.39 is 11.0 Å². The smallest absolute Gasteiger partial charge is 0.269 e. The van der Waals surface area contributed by atoms with Crippen molar-refractivity contribution in [2.45, 2.75) is 13.0 Å². The number of non-ortho nitro benzene ring substituents is 1. The van der Waals surface area contributed by atoms with Gasteiger partial charge in [0.05, 0.1) is 4.92 Å². The van der Waals surface area contributed by atoms with Crippen LogP contribution in [0.2, 0.25) is 0 Å². The van der Waals surface area contributed by atoms with Gasteiger partial charge in [-0.3, -0.25) is 19.7 Å². The van der Waals surface area contributed by atoms with Gasteiger partial charge in [0.15, 0.2) is 0 Å². The van der Waals surface area contributed by atoms with Gasteiger partial charge in [-0.25, -0.2) is 0 Å². The molecule has 1 N–H and O–H groups in total. The molecule has 1 aliphatic rings. The molecule has 1 heterocycles. The number of carbonyl (C=O) groups excluding carboxylic acids is 2. The Kier molecular flexibility index (Phi) is 6.79. The zero-order valence-corrected chi connectivity index (χ0v) is 16.7. The Morgan fingerprint density at radius 2 is 1.67 bits per heavy atom. The Labute approximate surface area is 174 Å². The van der Waals surface area contributed by atoms with Gasteiger partial charge in [0.1, 0.15) is 6.04 Å². The first-order chi connectivity index (χ1) is 14.4. The summed E-state index contributed by atoms with van der Waals surface area (Å²) in [6, 6.07) is 15.2. The number of benzene rings is 2. The number of amides is 2. The number of nitrogens with zero attached hydrogens (tertiary/aromatic N) is 3. The molecule has 1 saturated heterocycles. The van der Waals surface area contributed by atoms with E-state index in [1.165, 1.54) is 18.2 Å². The van der Waals surface area contributed by atoms with E-state index >= 15 is 0 Å². The number of piperazine rings is 1. The second-order valence-corrected chi connectivity index (χ2v) is 7.06. The Morgan fingerprint density at radius 1 is 1.03 bits per heavy atom. The fraction of sp³-hybridized carbons (Fsp3) is 0.273. The summed E-state index contributed by atoms with van der Waals surface area (Å²) in [5.41, 5.74) is 1.85. The first-order valence-corrected chi connectivity index (χ1v) is 9.76. The van der Waals surface area contributed by atoms with Crippen molar-refractivity contribution in [3.05, 3.63) is 76.4 Å². The lowest BCUT2D eigenvalue weighted by Gasteiger charge is -2.37. The second kappa shape index (κ2) is 9.69. The maximum absolute atomic E-state index is 12.7. The Hall–Kier alpha value is -3.68. The third-order valence-corrected chi connectivity index (χ3v) is 4.97. The summed E-state index contributed by atoms with van der Waals surface area (Å²) in [5, 5.41) is 13.5. The summed E-state index contributed by atoms with van der Waals surface area (Å²) in [7, 11) is 0. The molecule has 0 bridgehead atoms. The van der Waals surface area contributed by atoms with E-state index in [9.17, 15) is 19.7 Å². The van der Waals surface area contributed by atoms with Gasteiger partial charge in [0.2, 0.25) is 11.8 Å². The molecular weight excluding hydrogens is 384 g/mol. The van der Waals surface area contributed by atoms with Gasteiger partial charge in [0.25, 0.3) is 5.69 Å². The number of nitro groups is 1. The zero-order chi connectivity index (χ0) is 21.5. The van der Waals surface area contributed by atoms with Crippen LogP contribution in [0.5, 0.6) is 0 Å². The summed E-state index contributed by atoms with van der Waals surface area (Å²) in [4.78, 5) is 38.9. The maximum Gasteiger partial charge on any atom is 0.269 e. The molecule has 8 heteroatoms. The number of hydrogen-bond donors (Lipinski definition) is 1. The highest BCUT2D eigenvalue weighted by Gasteiger charge is 2.25. The molecule has 1 fully saturated rings. The van der Waals surface area contributed by atoms with Crippen molar-refractivity contribution in [1.82, 2.24) is 10.2 Å². The molecule has 1 unspecified atom stereocenters. The molecule has 8 nitrogen and oxygen atoms in total. The van der Waals surface area contributed by atoms with E-state index in [1.807, 2.05) is 30.3 Å². The molecule has 2 aromatic carbocycles. The lowest BCUT2D eigenvalue weighted by molar-refractivity contribution is -0.384. The van der Waals surface area contributed by atoms with E-state index in [2.05, 4.69) is 10.2 Å². The van der Waals surface area contributed by atoms with Gasteiger partial charge in [0, 0.05) is 50.1 Å². The molecule has 0 aliphatic carbocycles. The fourth-order valence-corrected chi connectivity index (χ4v) is 3.30. The highest BCUT2D eigenvalue weighted by molar-refractivity contribution is 5.95. The number of carbonyl (C=O) groups is 2. The molecular formula is C22H24N4O4. The topological polar surface area (TPSA) is 95.8 Å². The van der Waals surface area contributed by atoms with Gasteiger partial charge >= 0.3 is 0 Å². The van der Waals surface area contributed by atoms with Gasteiger partial charge in [-0.1, -0.05) is 30.3 Å². The summed E-state index contributed by atoms with van der Waals surface area (Å²) in [5.74, 6) is -0.441. The van der Waals surface area contributed by atoms with Crippen molar-refractivity contribution in [3.8, 4) is 0 Å². The molecule has 0 saturated carbocycles. The van der Waals surface area contributed by atoms with Gasteiger partial charge in [-0.2, -0.15) is 0 Å². The average molecular weight is 408 g/mol. The SMILES string of the molecule is CC(NC(=O)C=Cc1ccccc1)C(=O)N1CCN(c2ccc([N+](=O)[O-])cc2)CC1. The van der Waals surface area contributed by atoms with Crippen LogP contribution in [0, 0.1) is 10.1 Å². The van der Waals surface area contributed by atoms with Crippen LogP contribution in [0.4, 0.5) is 11.4 Å². The molecule has 30 heavy (non-hydrogen) atoms. The maximum atomic E-state index is 12.7. The van der Waals surface area contributed by atoms with Crippen LogP contribution in [0.1, 0.15) is 12.5 Å². The number of rotatable bonds is 6. The lowest BCUT2D eigenvalue weighted by Crippen LogP contribution is -2.54. The van der Waals surface area contributed by atoms with E-state index in [0.29, 0.717) is 26.2 Å². The average Bonchev–Trinajstić information content (AvgIpc) is 2.78. The Morgan fingerprint density at radius 3 is 2.27 bits per heavy atom. The van der Waals surface area contributed by atoms with E-state index in [0.717, 1.165) is 11.3 Å². The molecule has 1 atom stereocenters. The number of nitrogens with one attached hydrogen (secondary N) is 1. The van der Waals surface area contributed by atoms with Crippen molar-refractivity contribution >= 4 is 29.3 Å². The van der Waals surface area contributed by atoms with Crippen LogP contribution < -0.4 is 10.2 Å². The van der Waals surface area contributed by atoms with Crippen molar-refractivity contribution in [1.29, 1.82) is 0 Å². The molecule has 0 aromatic heterocycles. The Balaban J connectivity index is 1.48. The summed E-state index contributed by atoms with van der Waals surface area (Å²) in [6.07, 6.45) is 3.13. The molecule has 0 radical (unpaired) electrons. The van der Waals surface area contributed by atoms with Crippen molar-refractivity contribution in [3.63, 3.8) is 0 Å². The number of anilines is 1. The zero-order valence-electron chi connectivity index (χ0n) is 16.7. The number of hydrogen-bond acceptors (Lipinski definition) is 5. The third-order valence-electron chi connectivity index (χ3n) is 4.97. The van der Waals surface area contributed by atoms with Crippen LogP contribution in [0.15, 0.2) is 60.7 Å². The minimum absolute atomic E-state index is 0.0541. The molecule has 2 amide bonds. The van der Waals surface area contributed by atoms with E-state index in [4.69, 9.17) is 0 Å². The predicted molar refractivity (Wildman–Crippen MR) is 115 cm³/mol. The molecule has 2 aromatic rings. The molecule has 3 rings (SSSR count). The van der Waals surface area contributed by atoms with Gasteiger partial charge in [-0.15, -0.1) is 0 Å². The summed E-state index contributed by atoms with van der Waals surface area (Å²) < 4.78 is 0.